The van der Waals surface area contributed by atoms with Crippen LogP contribution in [0.25, 0.3) is 9.53 Å². The number of anilines is 2. The lowest BCUT2D eigenvalue weighted by Gasteiger charge is -2.35. The fraction of sp³-hybridized carbons (Fsp3) is 0.478. The second-order valence-corrected chi connectivity index (χ2v) is 11.5. The first-order valence-electron chi connectivity index (χ1n) is 11.1. The molecule has 2 bridgehead atoms. The Hall–Kier alpha value is -2.39. The van der Waals surface area contributed by atoms with E-state index in [1.54, 1.807) is 6.07 Å². The van der Waals surface area contributed by atoms with Crippen molar-refractivity contribution in [1.29, 1.82) is 0 Å². The molecule has 3 atom stereocenters. The maximum Gasteiger partial charge on any atom is 0.263 e. The lowest BCUT2D eigenvalue weighted by Crippen LogP contribution is -2.43. The molecule has 1 amide bonds. The summed E-state index contributed by atoms with van der Waals surface area (Å²) < 4.78 is 21.9. The highest BCUT2D eigenvalue weighted by Crippen LogP contribution is 2.41. The van der Waals surface area contributed by atoms with Gasteiger partial charge >= 0.3 is 0 Å². The molecule has 168 valence electrons. The summed E-state index contributed by atoms with van der Waals surface area (Å²) in [4.78, 5) is 20.8. The summed E-state index contributed by atoms with van der Waals surface area (Å²) in [7, 11) is 0. The number of nitrogens with zero attached hydrogens (tertiary/aromatic N) is 2. The van der Waals surface area contributed by atoms with E-state index in [4.69, 9.17) is 10.5 Å². The third-order valence-corrected chi connectivity index (χ3v) is 9.17. The van der Waals surface area contributed by atoms with Gasteiger partial charge < -0.3 is 20.7 Å². The Morgan fingerprint density at radius 1 is 1.28 bits per heavy atom. The molecule has 2 unspecified atom stereocenters. The Morgan fingerprint density at radius 3 is 2.81 bits per heavy atom. The summed E-state index contributed by atoms with van der Waals surface area (Å²) in [5.41, 5.74) is 8.11. The molecule has 3 N–H and O–H groups in total. The maximum absolute atomic E-state index is 15.1. The van der Waals surface area contributed by atoms with Gasteiger partial charge in [0, 0.05) is 36.8 Å². The van der Waals surface area contributed by atoms with Gasteiger partial charge in [0.1, 0.15) is 27.9 Å². The number of fused-ring (bicyclic) bond motifs is 4. The number of aromatic nitrogens is 1. The average molecular weight is 473 g/mol. The van der Waals surface area contributed by atoms with Crippen molar-refractivity contribution in [2.75, 3.05) is 30.3 Å². The van der Waals surface area contributed by atoms with E-state index in [2.05, 4.69) is 15.2 Å². The Labute approximate surface area is 193 Å². The summed E-state index contributed by atoms with van der Waals surface area (Å²) in [5, 5.41) is 3.90. The molecule has 32 heavy (non-hydrogen) atoms. The van der Waals surface area contributed by atoms with Gasteiger partial charge in [-0.2, -0.15) is 0 Å². The number of thiazole rings is 1. The summed E-state index contributed by atoms with van der Waals surface area (Å²) in [6.07, 6.45) is 4.28. The monoisotopic (exact) mass is 472 g/mol. The molecule has 2 fully saturated rings. The molecule has 2 aliphatic heterocycles. The van der Waals surface area contributed by atoms with Crippen LogP contribution in [0.15, 0.2) is 12.1 Å². The largest absolute Gasteiger partial charge is 0.491 e. The number of nitrogen functional groups attached to an aromatic ring is 1. The highest BCUT2D eigenvalue weighted by atomic mass is 32.1. The van der Waals surface area contributed by atoms with Gasteiger partial charge in [0.2, 0.25) is 0 Å². The molecule has 2 aromatic heterocycles. The number of halogens is 1. The molecule has 3 aromatic rings. The standard InChI is InChI=1S/C23H25FN4O2S2/c1-11-26-23-21(31-11)19(25)20(32-23)22(29)27-14-5-16-17(24)6-15(7-18(16)30-10-14)28-8-12-2-3-13(4-12)9-28/h6-7,12-14H,2-5,8-10,25H2,1H3,(H,27,29)/t12?,13?,14-/m1/s1. The minimum atomic E-state index is -0.310. The van der Waals surface area contributed by atoms with Gasteiger partial charge in [0.05, 0.1) is 21.4 Å². The first-order chi connectivity index (χ1) is 15.4. The number of hydrogen-bond donors (Lipinski definition) is 2. The number of thiophene rings is 1. The zero-order valence-corrected chi connectivity index (χ0v) is 19.5. The Morgan fingerprint density at radius 2 is 2.06 bits per heavy atom. The molecule has 1 saturated heterocycles. The lowest BCUT2D eigenvalue weighted by molar-refractivity contribution is 0.0919. The predicted molar refractivity (Wildman–Crippen MR) is 127 cm³/mol. The molecule has 9 heteroatoms. The summed E-state index contributed by atoms with van der Waals surface area (Å²) in [6, 6.07) is 3.30. The molecule has 4 heterocycles. The number of hydrogen-bond acceptors (Lipinski definition) is 7. The quantitative estimate of drug-likeness (QED) is 0.592. The first-order valence-corrected chi connectivity index (χ1v) is 12.7. The number of amides is 1. The van der Waals surface area contributed by atoms with Gasteiger partial charge in [0.15, 0.2) is 0 Å². The van der Waals surface area contributed by atoms with Crippen LogP contribution >= 0.6 is 22.7 Å². The van der Waals surface area contributed by atoms with Crippen molar-refractivity contribution in [3.63, 3.8) is 0 Å². The summed E-state index contributed by atoms with van der Waals surface area (Å²) >= 11 is 2.78. The van der Waals surface area contributed by atoms with Crippen LogP contribution in [0.5, 0.6) is 5.75 Å². The Balaban J connectivity index is 1.18. The molecular formula is C23H25FN4O2S2. The van der Waals surface area contributed by atoms with E-state index < -0.39 is 0 Å². The number of aryl methyl sites for hydroxylation is 1. The van der Waals surface area contributed by atoms with Gasteiger partial charge in [-0.1, -0.05) is 0 Å². The van der Waals surface area contributed by atoms with Crippen LogP contribution in [0.4, 0.5) is 15.8 Å². The van der Waals surface area contributed by atoms with E-state index in [0.29, 0.717) is 34.9 Å². The van der Waals surface area contributed by atoms with E-state index in [0.717, 1.165) is 45.2 Å². The van der Waals surface area contributed by atoms with Gasteiger partial charge in [-0.3, -0.25) is 4.79 Å². The molecule has 1 aliphatic carbocycles. The first kappa shape index (κ1) is 20.2. The highest BCUT2D eigenvalue weighted by molar-refractivity contribution is 7.29. The number of ether oxygens (including phenoxy) is 1. The summed E-state index contributed by atoms with van der Waals surface area (Å²) in [6.45, 7) is 4.23. The van der Waals surface area contributed by atoms with E-state index in [1.807, 2.05) is 13.0 Å². The van der Waals surface area contributed by atoms with Crippen molar-refractivity contribution < 1.29 is 13.9 Å². The molecular weight excluding hydrogens is 447 g/mol. The van der Waals surface area contributed by atoms with Crippen molar-refractivity contribution in [2.45, 2.75) is 38.6 Å². The van der Waals surface area contributed by atoms with Crippen molar-refractivity contribution in [3.05, 3.63) is 33.4 Å². The second kappa shape index (κ2) is 7.59. The minimum Gasteiger partial charge on any atom is -0.491 e. The molecule has 6 nitrogen and oxygen atoms in total. The van der Waals surface area contributed by atoms with Gasteiger partial charge in [-0.15, -0.1) is 22.7 Å². The zero-order chi connectivity index (χ0) is 22.0. The minimum absolute atomic E-state index is 0.256. The Bertz CT molecular complexity index is 1210. The summed E-state index contributed by atoms with van der Waals surface area (Å²) in [5.74, 6) is 1.54. The number of nitrogens with one attached hydrogen (secondary N) is 1. The third kappa shape index (κ3) is 3.42. The fourth-order valence-electron chi connectivity index (χ4n) is 5.44. The van der Waals surface area contributed by atoms with Gasteiger partial charge in [-0.25, -0.2) is 9.37 Å². The number of nitrogens with two attached hydrogens (primary N) is 1. The number of piperidine rings is 1. The average Bonchev–Trinajstić information content (AvgIpc) is 3.41. The number of carbonyl (C=O) groups excluding carboxylic acids is 1. The molecule has 0 spiro atoms. The molecule has 3 aliphatic rings. The van der Waals surface area contributed by atoms with Crippen LogP contribution in [0.2, 0.25) is 0 Å². The van der Waals surface area contributed by atoms with Crippen LogP contribution in [0, 0.1) is 24.6 Å². The number of rotatable bonds is 3. The highest BCUT2D eigenvalue weighted by Gasteiger charge is 2.34. The molecule has 0 radical (unpaired) electrons. The van der Waals surface area contributed by atoms with E-state index in [1.165, 1.54) is 41.9 Å². The van der Waals surface area contributed by atoms with E-state index >= 15 is 4.39 Å². The van der Waals surface area contributed by atoms with Crippen LogP contribution in [0.1, 0.15) is 39.5 Å². The van der Waals surface area contributed by atoms with Crippen molar-refractivity contribution in [2.24, 2.45) is 11.8 Å². The molecule has 1 aromatic carbocycles. The third-order valence-electron chi connectivity index (χ3n) is 6.93. The van der Waals surface area contributed by atoms with Gasteiger partial charge in [0.25, 0.3) is 5.91 Å². The zero-order valence-electron chi connectivity index (χ0n) is 17.8. The van der Waals surface area contributed by atoms with Crippen LogP contribution in [0.3, 0.4) is 0 Å². The van der Waals surface area contributed by atoms with E-state index in [9.17, 15) is 4.79 Å². The Kier molecular flexibility index (Phi) is 4.80. The normalized spacial score (nSPS) is 24.4. The molecule has 1 saturated carbocycles. The smallest absolute Gasteiger partial charge is 0.263 e. The van der Waals surface area contributed by atoms with Crippen LogP contribution in [-0.2, 0) is 6.42 Å². The topological polar surface area (TPSA) is 80.5 Å². The number of benzene rings is 1. The fourth-order valence-corrected chi connectivity index (χ4v) is 7.53. The van der Waals surface area contributed by atoms with E-state index in [-0.39, 0.29) is 17.8 Å². The van der Waals surface area contributed by atoms with Crippen molar-refractivity contribution in [1.82, 2.24) is 10.3 Å². The maximum atomic E-state index is 15.1. The van der Waals surface area contributed by atoms with Crippen LogP contribution in [-0.4, -0.2) is 36.6 Å². The van der Waals surface area contributed by atoms with Crippen LogP contribution < -0.4 is 20.7 Å². The second-order valence-electron chi connectivity index (χ2n) is 9.25. The predicted octanol–water partition coefficient (Wildman–Crippen LogP) is 4.36. The number of carbonyl (C=O) groups is 1. The van der Waals surface area contributed by atoms with Crippen molar-refractivity contribution >= 4 is 49.5 Å². The van der Waals surface area contributed by atoms with Gasteiger partial charge in [-0.05, 0) is 44.1 Å². The molecule has 6 rings (SSSR count). The SMILES string of the molecule is Cc1nc2sc(C(=O)N[C@H]3COc4cc(N5CC6CCC(C6)C5)cc(F)c4C3)c(N)c2s1. The lowest BCUT2D eigenvalue weighted by atomic mass is 9.97. The van der Waals surface area contributed by atoms with Crippen molar-refractivity contribution in [3.8, 4) is 5.75 Å².